The number of para-hydroxylation sites is 1. The van der Waals surface area contributed by atoms with Gasteiger partial charge in [0, 0.05) is 12.2 Å². The first kappa shape index (κ1) is 9.73. The van der Waals surface area contributed by atoms with Gasteiger partial charge in [0.05, 0.1) is 5.02 Å². The zero-order valence-corrected chi connectivity index (χ0v) is 8.23. The predicted molar refractivity (Wildman–Crippen MR) is 55.7 cm³/mol. The summed E-state index contributed by atoms with van der Waals surface area (Å²) in [6.07, 6.45) is 2.23. The van der Waals surface area contributed by atoms with Crippen LogP contribution in [-0.2, 0) is 4.79 Å². The number of benzene rings is 1. The molecule has 2 rings (SSSR count). The van der Waals surface area contributed by atoms with Gasteiger partial charge >= 0.3 is 5.97 Å². The summed E-state index contributed by atoms with van der Waals surface area (Å²) in [5.41, 5.74) is 1.07. The highest BCUT2D eigenvalue weighted by Gasteiger charge is 2.06. The smallest absolute Gasteiger partial charge is 0.328 e. The average Bonchev–Trinajstić information content (AvgIpc) is 2.59. The van der Waals surface area contributed by atoms with Gasteiger partial charge in [-0.15, -0.1) is 0 Å². The van der Waals surface area contributed by atoms with E-state index in [1.165, 1.54) is 6.08 Å². The van der Waals surface area contributed by atoms with Crippen molar-refractivity contribution in [3.8, 4) is 0 Å². The second-order valence-corrected chi connectivity index (χ2v) is 3.22. The topological polar surface area (TPSA) is 63.3 Å². The van der Waals surface area contributed by atoms with Crippen LogP contribution in [0.5, 0.6) is 0 Å². The summed E-state index contributed by atoms with van der Waals surface area (Å²) in [5, 5.41) is 8.90. The number of oxazole rings is 1. The van der Waals surface area contributed by atoms with E-state index in [1.54, 1.807) is 18.2 Å². The molecule has 0 aliphatic rings. The first-order valence-corrected chi connectivity index (χ1v) is 4.50. The van der Waals surface area contributed by atoms with Gasteiger partial charge in [-0.1, -0.05) is 17.7 Å². The summed E-state index contributed by atoms with van der Waals surface area (Å²) < 4.78 is 5.25. The molecule has 0 atom stereocenters. The quantitative estimate of drug-likeness (QED) is 0.795. The maximum atomic E-state index is 10.3. The molecule has 0 amide bonds. The van der Waals surface area contributed by atoms with Crippen molar-refractivity contribution in [3.05, 3.63) is 35.2 Å². The van der Waals surface area contributed by atoms with Crippen molar-refractivity contribution < 1.29 is 14.3 Å². The molecule has 0 saturated heterocycles. The van der Waals surface area contributed by atoms with Crippen molar-refractivity contribution in [1.82, 2.24) is 4.98 Å². The number of nitrogens with zero attached hydrogens (tertiary/aromatic N) is 1. The third-order valence-electron chi connectivity index (χ3n) is 1.75. The zero-order valence-electron chi connectivity index (χ0n) is 7.48. The fraction of sp³-hybridized carbons (Fsp3) is 0. The molecule has 0 fully saturated rings. The van der Waals surface area contributed by atoms with Gasteiger partial charge in [-0.25, -0.2) is 9.78 Å². The Morgan fingerprint density at radius 1 is 1.53 bits per heavy atom. The normalized spacial score (nSPS) is 11.3. The lowest BCUT2D eigenvalue weighted by Crippen LogP contribution is -1.85. The number of carboxylic acid groups (broad SMARTS) is 1. The molecule has 0 spiro atoms. The number of hydrogen-bond donors (Lipinski definition) is 1. The minimum atomic E-state index is -1.05. The summed E-state index contributed by atoms with van der Waals surface area (Å²) in [5.74, 6) is -0.830. The number of aromatic nitrogens is 1. The van der Waals surface area contributed by atoms with Crippen molar-refractivity contribution in [2.45, 2.75) is 0 Å². The number of carbonyl (C=O) groups is 1. The van der Waals surface area contributed by atoms with E-state index in [9.17, 15) is 4.79 Å². The van der Waals surface area contributed by atoms with Crippen LogP contribution in [0, 0.1) is 0 Å². The van der Waals surface area contributed by atoms with Crippen LogP contribution in [0.25, 0.3) is 17.2 Å². The van der Waals surface area contributed by atoms with Crippen LogP contribution in [0.2, 0.25) is 5.02 Å². The van der Waals surface area contributed by atoms with Gasteiger partial charge in [-0.2, -0.15) is 0 Å². The number of fused-ring (bicyclic) bond motifs is 1. The van der Waals surface area contributed by atoms with E-state index in [-0.39, 0.29) is 5.89 Å². The highest BCUT2D eigenvalue weighted by Crippen LogP contribution is 2.23. The third kappa shape index (κ3) is 1.99. The van der Waals surface area contributed by atoms with Crippen LogP contribution in [0.15, 0.2) is 28.7 Å². The highest BCUT2D eigenvalue weighted by atomic mass is 35.5. The Kier molecular flexibility index (Phi) is 2.43. The number of hydrogen-bond acceptors (Lipinski definition) is 3. The lowest BCUT2D eigenvalue weighted by atomic mass is 10.3. The molecule has 0 aliphatic carbocycles. The van der Waals surface area contributed by atoms with Crippen LogP contribution >= 0.6 is 11.6 Å². The Hall–Kier alpha value is -1.81. The SMILES string of the molecule is O=C(O)/C=C/c1nc2c(Cl)cccc2o1. The first-order chi connectivity index (χ1) is 7.16. The van der Waals surface area contributed by atoms with Gasteiger partial charge in [0.1, 0.15) is 5.52 Å². The Morgan fingerprint density at radius 3 is 3.00 bits per heavy atom. The molecule has 0 aliphatic heterocycles. The molecule has 5 heteroatoms. The van der Waals surface area contributed by atoms with E-state index >= 15 is 0 Å². The van der Waals surface area contributed by atoms with Crippen molar-refractivity contribution in [2.24, 2.45) is 0 Å². The minimum Gasteiger partial charge on any atom is -0.478 e. The summed E-state index contributed by atoms with van der Waals surface area (Å²) in [7, 11) is 0. The van der Waals surface area contributed by atoms with Crippen LogP contribution in [0.4, 0.5) is 0 Å². The lowest BCUT2D eigenvalue weighted by molar-refractivity contribution is -0.131. The van der Waals surface area contributed by atoms with E-state index in [1.807, 2.05) is 0 Å². The zero-order chi connectivity index (χ0) is 10.8. The molecule has 15 heavy (non-hydrogen) atoms. The van der Waals surface area contributed by atoms with Gasteiger partial charge in [0.15, 0.2) is 5.58 Å². The van der Waals surface area contributed by atoms with E-state index in [4.69, 9.17) is 21.1 Å². The second-order valence-electron chi connectivity index (χ2n) is 2.81. The maximum absolute atomic E-state index is 10.3. The fourth-order valence-electron chi connectivity index (χ4n) is 1.15. The molecule has 1 aromatic carbocycles. The number of halogens is 1. The van der Waals surface area contributed by atoms with E-state index in [0.29, 0.717) is 16.1 Å². The molecular weight excluding hydrogens is 218 g/mol. The maximum Gasteiger partial charge on any atom is 0.328 e. The Bertz CT molecular complexity index is 545. The summed E-state index contributed by atoms with van der Waals surface area (Å²) in [4.78, 5) is 14.3. The van der Waals surface area contributed by atoms with Gasteiger partial charge in [0.25, 0.3) is 0 Å². The van der Waals surface area contributed by atoms with Crippen LogP contribution in [-0.4, -0.2) is 16.1 Å². The summed E-state index contributed by atoms with van der Waals surface area (Å²) >= 11 is 5.87. The Balaban J connectivity index is 2.48. The van der Waals surface area contributed by atoms with Gasteiger partial charge in [0.2, 0.25) is 5.89 Å². The van der Waals surface area contributed by atoms with Crippen molar-refractivity contribution in [2.75, 3.05) is 0 Å². The van der Waals surface area contributed by atoms with E-state index < -0.39 is 5.97 Å². The monoisotopic (exact) mass is 223 g/mol. The van der Waals surface area contributed by atoms with Gasteiger partial charge in [-0.05, 0) is 12.1 Å². The largest absolute Gasteiger partial charge is 0.478 e. The molecule has 1 heterocycles. The Labute approximate surface area is 89.8 Å². The standard InChI is InChI=1S/C10H6ClNO3/c11-6-2-1-3-7-10(6)12-8(15-7)4-5-9(13)14/h1-5H,(H,13,14)/b5-4+. The van der Waals surface area contributed by atoms with Crippen LogP contribution in [0.1, 0.15) is 5.89 Å². The summed E-state index contributed by atoms with van der Waals surface area (Å²) in [6, 6.07) is 5.14. The molecule has 76 valence electrons. The molecule has 1 N–H and O–H groups in total. The fourth-order valence-corrected chi connectivity index (χ4v) is 1.35. The summed E-state index contributed by atoms with van der Waals surface area (Å²) in [6.45, 7) is 0. The van der Waals surface area contributed by atoms with E-state index in [0.717, 1.165) is 6.08 Å². The number of rotatable bonds is 2. The lowest BCUT2D eigenvalue weighted by Gasteiger charge is -1.86. The third-order valence-corrected chi connectivity index (χ3v) is 2.06. The van der Waals surface area contributed by atoms with E-state index in [2.05, 4.69) is 4.98 Å². The number of aliphatic carboxylic acids is 1. The van der Waals surface area contributed by atoms with Crippen molar-refractivity contribution >= 4 is 34.7 Å². The molecule has 1 aromatic heterocycles. The van der Waals surface area contributed by atoms with Crippen molar-refractivity contribution in [3.63, 3.8) is 0 Å². The molecule has 0 unspecified atom stereocenters. The van der Waals surface area contributed by atoms with Crippen LogP contribution in [0.3, 0.4) is 0 Å². The molecule has 4 nitrogen and oxygen atoms in total. The second kappa shape index (κ2) is 3.74. The van der Waals surface area contributed by atoms with Gasteiger partial charge in [-0.3, -0.25) is 0 Å². The highest BCUT2D eigenvalue weighted by molar-refractivity contribution is 6.34. The van der Waals surface area contributed by atoms with Crippen molar-refractivity contribution in [1.29, 1.82) is 0 Å². The molecular formula is C10H6ClNO3. The van der Waals surface area contributed by atoms with Crippen LogP contribution < -0.4 is 0 Å². The average molecular weight is 224 g/mol. The Morgan fingerprint density at radius 2 is 2.33 bits per heavy atom. The molecule has 2 aromatic rings. The molecule has 0 bridgehead atoms. The molecule has 0 radical (unpaired) electrons. The first-order valence-electron chi connectivity index (χ1n) is 4.13. The minimum absolute atomic E-state index is 0.223. The molecule has 0 saturated carbocycles. The van der Waals surface area contributed by atoms with Gasteiger partial charge < -0.3 is 9.52 Å². The number of carboxylic acids is 1. The predicted octanol–water partition coefficient (Wildman–Crippen LogP) is 2.58.